The van der Waals surface area contributed by atoms with Gasteiger partial charge in [-0.1, -0.05) is 0 Å². The minimum atomic E-state index is -0.751. The summed E-state index contributed by atoms with van der Waals surface area (Å²) in [6.45, 7) is 0. The van der Waals surface area contributed by atoms with E-state index >= 15 is 0 Å². The molecule has 4 bridgehead atoms. The highest BCUT2D eigenvalue weighted by Crippen LogP contribution is 2.60. The van der Waals surface area contributed by atoms with E-state index in [2.05, 4.69) is 11.1 Å². The Kier molecular flexibility index (Phi) is 2.36. The van der Waals surface area contributed by atoms with Gasteiger partial charge in [0.15, 0.2) is 0 Å². The summed E-state index contributed by atoms with van der Waals surface area (Å²) < 4.78 is 0. The summed E-state index contributed by atoms with van der Waals surface area (Å²) in [4.78, 5) is 14.2. The Hall–Kier alpha value is -1.25. The Morgan fingerprint density at radius 1 is 1.16 bits per heavy atom. The monoisotopic (exact) mass is 259 g/mol. The van der Waals surface area contributed by atoms with Crippen LogP contribution in [0.25, 0.3) is 0 Å². The lowest BCUT2D eigenvalue weighted by Crippen LogP contribution is -2.48. The van der Waals surface area contributed by atoms with Gasteiger partial charge in [0.1, 0.15) is 0 Å². The molecule has 4 fully saturated rings. The molecule has 1 aromatic heterocycles. The van der Waals surface area contributed by atoms with Crippen LogP contribution in [0.15, 0.2) is 12.1 Å². The summed E-state index contributed by atoms with van der Waals surface area (Å²) in [5, 5.41) is 8.89. The second kappa shape index (κ2) is 3.87. The third kappa shape index (κ3) is 1.82. The maximum absolute atomic E-state index is 10.8. The van der Waals surface area contributed by atoms with Crippen LogP contribution in [0.2, 0.25) is 0 Å². The van der Waals surface area contributed by atoms with Crippen molar-refractivity contribution in [1.82, 2.24) is 4.98 Å². The van der Waals surface area contributed by atoms with E-state index in [9.17, 15) is 4.79 Å². The molecule has 19 heavy (non-hydrogen) atoms. The fraction of sp³-hybridized carbons (Fsp3) is 0.688. The zero-order chi connectivity index (χ0) is 13.0. The molecular weight excluding hydrogens is 238 g/mol. The van der Waals surface area contributed by atoms with Crippen molar-refractivity contribution in [3.05, 3.63) is 23.5 Å². The quantitative estimate of drug-likeness (QED) is 0.876. The SMILES string of the molecule is O=C(O)Cc1ccc(C23CC4CC(CC(C4)C2)C3)[nH]1. The van der Waals surface area contributed by atoms with Crippen molar-refractivity contribution in [2.45, 2.75) is 50.4 Å². The van der Waals surface area contributed by atoms with Crippen LogP contribution in [0.1, 0.15) is 49.9 Å². The molecule has 0 atom stereocenters. The molecule has 1 aromatic rings. The number of hydrogen-bond donors (Lipinski definition) is 2. The molecule has 3 heteroatoms. The van der Waals surface area contributed by atoms with E-state index in [1.165, 1.54) is 44.2 Å². The molecule has 0 unspecified atom stereocenters. The molecule has 0 spiro atoms. The van der Waals surface area contributed by atoms with E-state index in [1.54, 1.807) is 0 Å². The van der Waals surface area contributed by atoms with Crippen molar-refractivity contribution in [1.29, 1.82) is 0 Å². The van der Waals surface area contributed by atoms with Gasteiger partial charge in [0.05, 0.1) is 6.42 Å². The normalized spacial score (nSPS) is 39.7. The van der Waals surface area contributed by atoms with Crippen LogP contribution in [0.4, 0.5) is 0 Å². The minimum Gasteiger partial charge on any atom is -0.481 e. The molecule has 102 valence electrons. The highest BCUT2D eigenvalue weighted by atomic mass is 16.4. The molecule has 2 N–H and O–H groups in total. The molecule has 0 aromatic carbocycles. The lowest BCUT2D eigenvalue weighted by Gasteiger charge is -2.56. The van der Waals surface area contributed by atoms with Gasteiger partial charge in [-0.05, 0) is 68.4 Å². The number of carboxylic acids is 1. The maximum atomic E-state index is 10.8. The predicted octanol–water partition coefficient (Wildman–Crippen LogP) is 3.11. The smallest absolute Gasteiger partial charge is 0.309 e. The van der Waals surface area contributed by atoms with Crippen LogP contribution >= 0.6 is 0 Å². The van der Waals surface area contributed by atoms with Crippen molar-refractivity contribution in [3.8, 4) is 0 Å². The van der Waals surface area contributed by atoms with E-state index in [4.69, 9.17) is 5.11 Å². The molecule has 4 saturated carbocycles. The molecular formula is C16H21NO2. The number of aliphatic carboxylic acids is 1. The zero-order valence-corrected chi connectivity index (χ0v) is 11.2. The first-order chi connectivity index (χ1) is 9.13. The van der Waals surface area contributed by atoms with E-state index < -0.39 is 5.97 Å². The number of carbonyl (C=O) groups is 1. The summed E-state index contributed by atoms with van der Waals surface area (Å²) in [5.41, 5.74) is 2.53. The molecule has 0 radical (unpaired) electrons. The van der Waals surface area contributed by atoms with Gasteiger partial charge >= 0.3 is 5.97 Å². The van der Waals surface area contributed by atoms with Gasteiger partial charge in [-0.15, -0.1) is 0 Å². The molecule has 0 aliphatic heterocycles. The average molecular weight is 259 g/mol. The summed E-state index contributed by atoms with van der Waals surface area (Å²) in [7, 11) is 0. The van der Waals surface area contributed by atoms with Gasteiger partial charge in [-0.25, -0.2) is 0 Å². The number of hydrogen-bond acceptors (Lipinski definition) is 1. The molecule has 5 rings (SSSR count). The summed E-state index contributed by atoms with van der Waals surface area (Å²) in [6.07, 6.45) is 8.43. The Balaban J connectivity index is 1.64. The number of aromatic amines is 1. The standard InChI is InChI=1S/C16H21NO2/c18-15(19)6-13-1-2-14(17-13)16-7-10-3-11(8-16)5-12(4-10)9-16/h1-2,10-12,17H,3-9H2,(H,18,19). The zero-order valence-electron chi connectivity index (χ0n) is 11.2. The Morgan fingerprint density at radius 2 is 1.74 bits per heavy atom. The Morgan fingerprint density at radius 3 is 2.26 bits per heavy atom. The molecule has 4 aliphatic rings. The van der Waals surface area contributed by atoms with E-state index in [0.717, 1.165) is 23.4 Å². The van der Waals surface area contributed by atoms with Gasteiger partial charge in [-0.3, -0.25) is 4.79 Å². The van der Waals surface area contributed by atoms with Crippen molar-refractivity contribution >= 4 is 5.97 Å². The van der Waals surface area contributed by atoms with Crippen molar-refractivity contribution in [3.63, 3.8) is 0 Å². The Bertz CT molecular complexity index is 481. The van der Waals surface area contributed by atoms with Crippen molar-refractivity contribution in [2.24, 2.45) is 17.8 Å². The summed E-state index contributed by atoms with van der Waals surface area (Å²) >= 11 is 0. The first kappa shape index (κ1) is 11.6. The second-order valence-corrected chi connectivity index (χ2v) is 7.17. The number of nitrogens with one attached hydrogen (secondary N) is 1. The lowest BCUT2D eigenvalue weighted by atomic mass is 9.49. The summed E-state index contributed by atoms with van der Waals surface area (Å²) in [6, 6.07) is 4.13. The molecule has 1 heterocycles. The van der Waals surface area contributed by atoms with Gasteiger partial charge < -0.3 is 10.1 Å². The second-order valence-electron chi connectivity index (χ2n) is 7.17. The first-order valence-corrected chi connectivity index (χ1v) is 7.53. The maximum Gasteiger partial charge on any atom is 0.309 e. The number of rotatable bonds is 3. The van der Waals surface area contributed by atoms with E-state index in [-0.39, 0.29) is 6.42 Å². The average Bonchev–Trinajstić information content (AvgIpc) is 2.75. The van der Waals surface area contributed by atoms with Crippen LogP contribution in [0, 0.1) is 17.8 Å². The van der Waals surface area contributed by atoms with Crippen LogP contribution in [0.5, 0.6) is 0 Å². The van der Waals surface area contributed by atoms with Crippen LogP contribution in [-0.2, 0) is 16.6 Å². The molecule has 3 nitrogen and oxygen atoms in total. The number of H-pyrrole nitrogens is 1. The highest BCUT2D eigenvalue weighted by molar-refractivity contribution is 5.69. The first-order valence-electron chi connectivity index (χ1n) is 7.53. The van der Waals surface area contributed by atoms with E-state index in [1.807, 2.05) is 6.07 Å². The lowest BCUT2D eigenvalue weighted by molar-refractivity contribution is -0.136. The van der Waals surface area contributed by atoms with Gasteiger partial charge in [0, 0.05) is 16.8 Å². The number of carboxylic acid groups (broad SMARTS) is 1. The molecule has 0 saturated heterocycles. The van der Waals surface area contributed by atoms with Gasteiger partial charge in [0.2, 0.25) is 0 Å². The Labute approximate surface area is 113 Å². The predicted molar refractivity (Wildman–Crippen MR) is 72.0 cm³/mol. The fourth-order valence-electron chi connectivity index (χ4n) is 5.46. The van der Waals surface area contributed by atoms with E-state index in [0.29, 0.717) is 5.41 Å². The fourth-order valence-corrected chi connectivity index (χ4v) is 5.46. The minimum absolute atomic E-state index is 0.117. The third-order valence-electron chi connectivity index (χ3n) is 5.70. The van der Waals surface area contributed by atoms with Crippen molar-refractivity contribution < 1.29 is 9.90 Å². The largest absolute Gasteiger partial charge is 0.481 e. The van der Waals surface area contributed by atoms with Crippen molar-refractivity contribution in [2.75, 3.05) is 0 Å². The van der Waals surface area contributed by atoms with Gasteiger partial charge in [0.25, 0.3) is 0 Å². The molecule has 4 aliphatic carbocycles. The highest BCUT2D eigenvalue weighted by Gasteiger charge is 2.52. The van der Waals surface area contributed by atoms with Crippen LogP contribution < -0.4 is 0 Å². The summed E-state index contributed by atoms with van der Waals surface area (Å²) in [5.74, 6) is 2.03. The number of aromatic nitrogens is 1. The third-order valence-corrected chi connectivity index (χ3v) is 5.70. The molecule has 0 amide bonds. The van der Waals surface area contributed by atoms with Gasteiger partial charge in [-0.2, -0.15) is 0 Å². The topological polar surface area (TPSA) is 53.1 Å². The van der Waals surface area contributed by atoms with Crippen LogP contribution in [-0.4, -0.2) is 16.1 Å². The van der Waals surface area contributed by atoms with Crippen LogP contribution in [0.3, 0.4) is 0 Å².